The Morgan fingerprint density at radius 3 is 1.95 bits per heavy atom. The first-order valence-corrected chi connectivity index (χ1v) is 26.2. The van der Waals surface area contributed by atoms with Crippen LogP contribution in [0.4, 0.5) is 0 Å². The molecule has 1 unspecified atom stereocenters. The highest BCUT2D eigenvalue weighted by atomic mass is 32.2. The molecule has 0 aromatic heterocycles. The molecular formula is C38H68N8O17P2S. The van der Waals surface area contributed by atoms with Crippen LogP contribution >= 0.6 is 27.0 Å². The summed E-state index contributed by atoms with van der Waals surface area (Å²) in [6.07, 6.45) is 1.70. The van der Waals surface area contributed by atoms with E-state index in [0.717, 1.165) is 11.8 Å². The second-order valence-electron chi connectivity index (χ2n) is 16.0. The van der Waals surface area contributed by atoms with E-state index in [2.05, 4.69) is 26.6 Å². The maximum absolute atomic E-state index is 13.2. The van der Waals surface area contributed by atoms with Crippen molar-refractivity contribution in [2.24, 2.45) is 23.3 Å². The molecule has 0 spiro atoms. The van der Waals surface area contributed by atoms with Gasteiger partial charge >= 0.3 is 15.2 Å². The highest BCUT2D eigenvalue weighted by Gasteiger charge is 2.58. The zero-order valence-corrected chi connectivity index (χ0v) is 39.8. The molecular weight excluding hydrogens is 934 g/mol. The van der Waals surface area contributed by atoms with Gasteiger partial charge in [0.2, 0.25) is 47.3 Å². The summed E-state index contributed by atoms with van der Waals surface area (Å²) in [6.45, 7) is 3.77. The van der Waals surface area contributed by atoms with Gasteiger partial charge in [-0.3, -0.25) is 52.4 Å². The average molecular weight is 1000 g/mol. The van der Waals surface area contributed by atoms with Gasteiger partial charge in [0, 0.05) is 76.5 Å². The van der Waals surface area contributed by atoms with Crippen molar-refractivity contribution in [1.29, 1.82) is 0 Å². The van der Waals surface area contributed by atoms with Gasteiger partial charge in [0.15, 0.2) is 0 Å². The van der Waals surface area contributed by atoms with Gasteiger partial charge in [-0.1, -0.05) is 6.92 Å². The summed E-state index contributed by atoms with van der Waals surface area (Å²) in [6, 6.07) is -1.97. The zero-order valence-electron chi connectivity index (χ0n) is 37.2. The molecule has 1 aliphatic carbocycles. The number of rotatable bonds is 33. The Morgan fingerprint density at radius 1 is 0.803 bits per heavy atom. The summed E-state index contributed by atoms with van der Waals surface area (Å²) in [5, 5.41) is 18.8. The topological polar surface area (TPSA) is 406 Å². The third-order valence-corrected chi connectivity index (χ3v) is 16.1. The maximum atomic E-state index is 13.2. The Bertz CT molecular complexity index is 1720. The molecule has 378 valence electrons. The van der Waals surface area contributed by atoms with Crippen LogP contribution in [0, 0.1) is 11.8 Å². The molecule has 1 saturated carbocycles. The van der Waals surface area contributed by atoms with Crippen molar-refractivity contribution in [1.82, 2.24) is 31.5 Å². The lowest BCUT2D eigenvalue weighted by atomic mass is 9.81. The molecule has 1 heterocycles. The van der Waals surface area contributed by atoms with E-state index in [1.807, 2.05) is 0 Å². The van der Waals surface area contributed by atoms with Crippen LogP contribution in [0.3, 0.4) is 0 Å². The Morgan fingerprint density at radius 2 is 1.38 bits per heavy atom. The number of hydrogen-bond donors (Lipinski definition) is 12. The monoisotopic (exact) mass is 1000 g/mol. The molecule has 0 aromatic rings. The first kappa shape index (κ1) is 58.6. The Hall–Kier alpha value is -3.55. The van der Waals surface area contributed by atoms with E-state index in [1.54, 1.807) is 6.92 Å². The number of nitrogens with one attached hydrogen (secondary N) is 5. The molecule has 3 atom stereocenters. The smallest absolute Gasteiger partial charge is 0.369 e. The van der Waals surface area contributed by atoms with Crippen LogP contribution < -0.4 is 38.1 Å². The van der Waals surface area contributed by atoms with Crippen LogP contribution in [0.5, 0.6) is 0 Å². The number of aliphatic hydroxyl groups is 1. The molecule has 66 heavy (non-hydrogen) atoms. The highest BCUT2D eigenvalue weighted by Crippen LogP contribution is 2.69. The highest BCUT2D eigenvalue weighted by molar-refractivity contribution is 8.00. The first-order chi connectivity index (χ1) is 31.0. The van der Waals surface area contributed by atoms with Crippen molar-refractivity contribution >= 4 is 74.2 Å². The molecule has 28 heteroatoms. The second kappa shape index (κ2) is 29.4. The quantitative estimate of drug-likeness (QED) is 0.0185. The van der Waals surface area contributed by atoms with Crippen LogP contribution in [-0.2, 0) is 57.0 Å². The van der Waals surface area contributed by atoms with Gasteiger partial charge in [-0.05, 0) is 57.3 Å². The lowest BCUT2D eigenvalue weighted by Gasteiger charge is -2.30. The van der Waals surface area contributed by atoms with Crippen LogP contribution in [0.2, 0.25) is 0 Å². The molecule has 25 nitrogen and oxygen atoms in total. The fraction of sp³-hybridized carbons (Fsp3) is 0.789. The number of amides is 8. The summed E-state index contributed by atoms with van der Waals surface area (Å²) in [7, 11) is -11.2. The number of ether oxygens (including phenoxy) is 2. The fourth-order valence-corrected chi connectivity index (χ4v) is 10.3. The SMILES string of the molecule is CCC(=O)NCCOCCOCCNC(=O)CCC(=O)N[C@@H](CCCCNC(=O)[C@H](N)CSC1CC(=O)N(CC2CCC(C(=O)NCCCC(O)(P(=O)(O)O)P(=O)(O)O)CC2)C1=O)C(N)=O. The molecule has 14 N–H and O–H groups in total. The Kier molecular flexibility index (Phi) is 26.1. The number of nitrogens with zero attached hydrogens (tertiary/aromatic N) is 1. The summed E-state index contributed by atoms with van der Waals surface area (Å²) < 4.78 is 33.7. The number of likely N-dealkylation sites (tertiary alicyclic amines) is 1. The molecule has 2 aliphatic rings. The summed E-state index contributed by atoms with van der Waals surface area (Å²) in [5.74, 6) is -3.78. The van der Waals surface area contributed by atoms with Gasteiger partial charge in [-0.15, -0.1) is 11.8 Å². The minimum atomic E-state index is -5.60. The maximum Gasteiger partial charge on any atom is 0.369 e. The van der Waals surface area contributed by atoms with Crippen molar-refractivity contribution in [2.45, 2.75) is 113 Å². The van der Waals surface area contributed by atoms with Gasteiger partial charge in [-0.2, -0.15) is 0 Å². The average Bonchev–Trinajstić information content (AvgIpc) is 3.52. The van der Waals surface area contributed by atoms with E-state index in [9.17, 15) is 72.2 Å². The number of carbonyl (C=O) groups excluding carboxylic acids is 8. The number of imide groups is 1. The lowest BCUT2D eigenvalue weighted by Crippen LogP contribution is -2.45. The van der Waals surface area contributed by atoms with E-state index in [1.165, 1.54) is 4.90 Å². The largest absolute Gasteiger partial charge is 0.377 e. The van der Waals surface area contributed by atoms with Crippen molar-refractivity contribution < 1.29 is 81.6 Å². The third-order valence-electron chi connectivity index (χ3n) is 10.9. The normalized spacial score (nSPS) is 18.9. The molecule has 0 aromatic carbocycles. The van der Waals surface area contributed by atoms with Gasteiger partial charge in [0.25, 0.3) is 5.08 Å². The van der Waals surface area contributed by atoms with E-state index in [4.69, 9.17) is 20.9 Å². The number of nitrogens with two attached hydrogens (primary N) is 2. The summed E-state index contributed by atoms with van der Waals surface area (Å²) in [5.41, 5.74) is 11.5. The van der Waals surface area contributed by atoms with Gasteiger partial charge < -0.3 is 72.2 Å². The van der Waals surface area contributed by atoms with Crippen molar-refractivity contribution in [3.05, 3.63) is 0 Å². The molecule has 2 rings (SSSR count). The van der Waals surface area contributed by atoms with E-state index < -0.39 is 73.6 Å². The standard InChI is InChI=1S/C38H68N8O17P2S/c1-2-30(47)41-16-18-62-20-21-63-19-17-42-31(48)11-12-32(49)45-28(34(40)51)6-3-4-14-44-36(53)27(39)24-66-29-22-33(50)46(37(29)54)23-25-7-9-26(10-8-25)35(52)43-15-5-13-38(55,64(56,57)58)65(59,60)61/h25-29,55H,2-24,39H2,1H3,(H2,40,51)(H,41,47)(H,42,48)(H,43,52)(H,44,53)(H,45,49)(H2,56,57,58)(H2,59,60,61)/t25?,26?,27-,28+,29?/m1/s1. The van der Waals surface area contributed by atoms with Crippen molar-refractivity contribution in [3.63, 3.8) is 0 Å². The minimum Gasteiger partial charge on any atom is -0.377 e. The number of thioether (sulfide) groups is 1. The van der Waals surface area contributed by atoms with E-state index >= 15 is 0 Å². The van der Waals surface area contributed by atoms with Crippen molar-refractivity contribution in [2.75, 3.05) is 64.9 Å². The van der Waals surface area contributed by atoms with Crippen LogP contribution in [-0.4, -0.2) is 164 Å². The summed E-state index contributed by atoms with van der Waals surface area (Å²) >= 11 is 1.10. The predicted molar refractivity (Wildman–Crippen MR) is 237 cm³/mol. The predicted octanol–water partition coefficient (Wildman–Crippen LogP) is -2.41. The second-order valence-corrected chi connectivity index (χ2v) is 21.3. The van der Waals surface area contributed by atoms with Crippen LogP contribution in [0.25, 0.3) is 0 Å². The Balaban J connectivity index is 1.59. The van der Waals surface area contributed by atoms with E-state index in [-0.39, 0.29) is 100 Å². The third kappa shape index (κ3) is 20.8. The lowest BCUT2D eigenvalue weighted by molar-refractivity contribution is -0.139. The van der Waals surface area contributed by atoms with E-state index in [0.29, 0.717) is 71.3 Å². The van der Waals surface area contributed by atoms with Crippen LogP contribution in [0.15, 0.2) is 0 Å². The van der Waals surface area contributed by atoms with Gasteiger partial charge in [0.1, 0.15) is 6.04 Å². The van der Waals surface area contributed by atoms with Gasteiger partial charge in [-0.25, -0.2) is 0 Å². The fourth-order valence-electron chi connectivity index (χ4n) is 6.93. The number of primary amides is 1. The number of hydrogen-bond acceptors (Lipinski definition) is 15. The number of carbonyl (C=O) groups is 8. The zero-order chi connectivity index (χ0) is 49.5. The molecule has 0 bridgehead atoms. The minimum absolute atomic E-state index is 0.0569. The molecule has 1 saturated heterocycles. The molecule has 0 radical (unpaired) electrons. The first-order valence-electron chi connectivity index (χ1n) is 21.9. The molecule has 1 aliphatic heterocycles. The van der Waals surface area contributed by atoms with Crippen molar-refractivity contribution in [3.8, 4) is 0 Å². The molecule has 2 fully saturated rings. The van der Waals surface area contributed by atoms with Gasteiger partial charge in [0.05, 0.1) is 37.7 Å². The summed E-state index contributed by atoms with van der Waals surface area (Å²) in [4.78, 5) is 137. The Labute approximate surface area is 387 Å². The number of unbranched alkanes of at least 4 members (excludes halogenated alkanes) is 1. The van der Waals surface area contributed by atoms with Crippen LogP contribution in [0.1, 0.15) is 90.4 Å². The molecule has 8 amide bonds.